The number of hydrogen-bond acceptors (Lipinski definition) is 3. The minimum absolute atomic E-state index is 0.0173. The van der Waals surface area contributed by atoms with Crippen LogP contribution in [-0.4, -0.2) is 64.7 Å². The molecule has 7 nitrogen and oxygen atoms in total. The Balaban J connectivity index is 1.36. The summed E-state index contributed by atoms with van der Waals surface area (Å²) < 4.78 is 1.89. The van der Waals surface area contributed by atoms with Crippen LogP contribution in [0.3, 0.4) is 0 Å². The van der Waals surface area contributed by atoms with Crippen LogP contribution in [0.1, 0.15) is 18.9 Å². The maximum Gasteiger partial charge on any atom is 0.324 e. The topological polar surface area (TPSA) is 61.7 Å². The van der Waals surface area contributed by atoms with Gasteiger partial charge in [0.25, 0.3) is 0 Å². The fourth-order valence-corrected chi connectivity index (χ4v) is 3.43. The molecule has 122 valence electrons. The van der Waals surface area contributed by atoms with Gasteiger partial charge < -0.3 is 9.80 Å². The van der Waals surface area contributed by atoms with Crippen LogP contribution in [-0.2, 0) is 4.79 Å². The van der Waals surface area contributed by atoms with Gasteiger partial charge in [0, 0.05) is 45.3 Å². The molecule has 1 aromatic heterocycles. The van der Waals surface area contributed by atoms with Gasteiger partial charge in [-0.25, -0.2) is 4.79 Å². The average molecular weight is 315 g/mol. The van der Waals surface area contributed by atoms with Crippen molar-refractivity contribution in [2.75, 3.05) is 38.1 Å². The standard InChI is InChI=1S/C16H21N5O2/c1-18-6-7-20(16(18)23)13-8-17-21(11-13)14-9-19(10-14)15(22)12-4-2-3-5-12/h2-3,8,11-12,14H,4-7,9-10H2,1H3. The molecule has 0 aromatic carbocycles. The van der Waals surface area contributed by atoms with Crippen molar-refractivity contribution in [1.82, 2.24) is 19.6 Å². The van der Waals surface area contributed by atoms with Gasteiger partial charge in [-0.05, 0) is 12.8 Å². The maximum absolute atomic E-state index is 12.3. The molecule has 0 spiro atoms. The molecule has 2 saturated heterocycles. The molecule has 0 N–H and O–H groups in total. The number of likely N-dealkylation sites (tertiary alicyclic amines) is 1. The largest absolute Gasteiger partial charge is 0.338 e. The summed E-state index contributed by atoms with van der Waals surface area (Å²) >= 11 is 0. The zero-order chi connectivity index (χ0) is 16.0. The first kappa shape index (κ1) is 14.3. The zero-order valence-electron chi connectivity index (χ0n) is 13.3. The Morgan fingerprint density at radius 1 is 1.22 bits per heavy atom. The number of allylic oxidation sites excluding steroid dienone is 2. The zero-order valence-corrected chi connectivity index (χ0v) is 13.3. The van der Waals surface area contributed by atoms with Gasteiger partial charge in [0.1, 0.15) is 0 Å². The summed E-state index contributed by atoms with van der Waals surface area (Å²) in [5.74, 6) is 0.400. The van der Waals surface area contributed by atoms with Crippen LogP contribution in [0.4, 0.5) is 10.5 Å². The second-order valence-corrected chi connectivity index (χ2v) is 6.57. The number of aromatic nitrogens is 2. The minimum Gasteiger partial charge on any atom is -0.338 e. The number of rotatable bonds is 3. The molecule has 4 rings (SSSR count). The van der Waals surface area contributed by atoms with Crippen LogP contribution >= 0.6 is 0 Å². The second-order valence-electron chi connectivity index (χ2n) is 6.57. The molecule has 3 amide bonds. The first-order valence-corrected chi connectivity index (χ1v) is 8.14. The summed E-state index contributed by atoms with van der Waals surface area (Å²) in [6, 6.07) is 0.237. The lowest BCUT2D eigenvalue weighted by molar-refractivity contribution is -0.141. The third-order valence-corrected chi connectivity index (χ3v) is 5.02. The fraction of sp³-hybridized carbons (Fsp3) is 0.562. The highest BCUT2D eigenvalue weighted by atomic mass is 16.2. The van der Waals surface area contributed by atoms with Gasteiger partial charge in [-0.2, -0.15) is 5.10 Å². The Bertz CT molecular complexity index is 653. The van der Waals surface area contributed by atoms with Gasteiger partial charge in [-0.15, -0.1) is 0 Å². The first-order chi connectivity index (χ1) is 11.1. The lowest BCUT2D eigenvalue weighted by Crippen LogP contribution is -2.52. The Kier molecular flexibility index (Phi) is 3.36. The number of likely N-dealkylation sites (N-methyl/N-ethyl adjacent to an activating group) is 1. The van der Waals surface area contributed by atoms with Gasteiger partial charge >= 0.3 is 6.03 Å². The molecule has 0 bridgehead atoms. The van der Waals surface area contributed by atoms with E-state index in [0.29, 0.717) is 19.6 Å². The van der Waals surface area contributed by atoms with Gasteiger partial charge in [-0.1, -0.05) is 12.2 Å². The Morgan fingerprint density at radius 3 is 2.61 bits per heavy atom. The number of carbonyl (C=O) groups excluding carboxylic acids is 2. The van der Waals surface area contributed by atoms with E-state index in [1.165, 1.54) is 0 Å². The van der Waals surface area contributed by atoms with E-state index in [1.54, 1.807) is 23.0 Å². The number of amides is 3. The van der Waals surface area contributed by atoms with E-state index in [2.05, 4.69) is 17.3 Å². The number of anilines is 1. The summed E-state index contributed by atoms with van der Waals surface area (Å²) in [7, 11) is 1.81. The van der Waals surface area contributed by atoms with Crippen molar-refractivity contribution < 1.29 is 9.59 Å². The molecule has 3 heterocycles. The Labute approximate surface area is 135 Å². The quantitative estimate of drug-likeness (QED) is 0.785. The van der Waals surface area contributed by atoms with Crippen LogP contribution in [0.25, 0.3) is 0 Å². The van der Waals surface area contributed by atoms with Crippen molar-refractivity contribution in [3.05, 3.63) is 24.5 Å². The summed E-state index contributed by atoms with van der Waals surface area (Å²) in [5.41, 5.74) is 0.837. The lowest BCUT2D eigenvalue weighted by atomic mass is 10.0. The lowest BCUT2D eigenvalue weighted by Gasteiger charge is -2.40. The molecule has 0 radical (unpaired) electrons. The second kappa shape index (κ2) is 5.40. The maximum atomic E-state index is 12.3. The van der Waals surface area contributed by atoms with Crippen LogP contribution in [0.5, 0.6) is 0 Å². The van der Waals surface area contributed by atoms with Gasteiger partial charge in [0.2, 0.25) is 5.91 Å². The molecule has 2 aliphatic heterocycles. The van der Waals surface area contributed by atoms with Crippen molar-refractivity contribution in [1.29, 1.82) is 0 Å². The van der Waals surface area contributed by atoms with E-state index < -0.39 is 0 Å². The molecular formula is C16H21N5O2. The molecular weight excluding hydrogens is 294 g/mol. The third kappa shape index (κ3) is 2.40. The van der Waals surface area contributed by atoms with Crippen molar-refractivity contribution in [3.8, 4) is 0 Å². The molecule has 1 aromatic rings. The number of nitrogens with zero attached hydrogens (tertiary/aromatic N) is 5. The number of urea groups is 1. The van der Waals surface area contributed by atoms with Crippen LogP contribution < -0.4 is 4.90 Å². The molecule has 0 saturated carbocycles. The average Bonchev–Trinajstić information content (AvgIpc) is 3.20. The van der Waals surface area contributed by atoms with Gasteiger partial charge in [0.15, 0.2) is 0 Å². The Hall–Kier alpha value is -2.31. The molecule has 0 unspecified atom stereocenters. The summed E-state index contributed by atoms with van der Waals surface area (Å²) in [5, 5.41) is 4.39. The fourth-order valence-electron chi connectivity index (χ4n) is 3.43. The van der Waals surface area contributed by atoms with E-state index in [9.17, 15) is 9.59 Å². The summed E-state index contributed by atoms with van der Waals surface area (Å²) in [6.07, 6.45) is 9.57. The summed E-state index contributed by atoms with van der Waals surface area (Å²) in [4.78, 5) is 29.7. The minimum atomic E-state index is 0.0173. The van der Waals surface area contributed by atoms with Crippen molar-refractivity contribution in [3.63, 3.8) is 0 Å². The van der Waals surface area contributed by atoms with E-state index in [1.807, 2.05) is 15.8 Å². The number of carbonyl (C=O) groups is 2. The van der Waals surface area contributed by atoms with Crippen LogP contribution in [0, 0.1) is 5.92 Å². The van der Waals surface area contributed by atoms with E-state index in [4.69, 9.17) is 0 Å². The predicted octanol–water partition coefficient (Wildman–Crippen LogP) is 1.10. The molecule has 0 atom stereocenters. The van der Waals surface area contributed by atoms with Gasteiger partial charge in [-0.3, -0.25) is 14.4 Å². The van der Waals surface area contributed by atoms with E-state index in [-0.39, 0.29) is 23.9 Å². The highest BCUT2D eigenvalue weighted by molar-refractivity contribution is 5.93. The third-order valence-electron chi connectivity index (χ3n) is 5.02. The smallest absolute Gasteiger partial charge is 0.324 e. The van der Waals surface area contributed by atoms with E-state index >= 15 is 0 Å². The molecule has 7 heteroatoms. The Morgan fingerprint density at radius 2 is 1.96 bits per heavy atom. The van der Waals surface area contributed by atoms with Crippen LogP contribution in [0.15, 0.2) is 24.5 Å². The SMILES string of the molecule is CN1CCN(c2cnn(C3CN(C(=O)C4CC=CC4)C3)c2)C1=O. The summed E-state index contributed by atoms with van der Waals surface area (Å²) in [6.45, 7) is 2.87. The molecule has 2 fully saturated rings. The molecule has 1 aliphatic carbocycles. The first-order valence-electron chi connectivity index (χ1n) is 8.14. The van der Waals surface area contributed by atoms with Crippen molar-refractivity contribution in [2.45, 2.75) is 18.9 Å². The van der Waals surface area contributed by atoms with Gasteiger partial charge in [0.05, 0.1) is 17.9 Å². The normalized spacial score (nSPS) is 22.3. The molecule has 3 aliphatic rings. The van der Waals surface area contributed by atoms with E-state index in [0.717, 1.165) is 25.1 Å². The monoisotopic (exact) mass is 315 g/mol. The molecule has 23 heavy (non-hydrogen) atoms. The van der Waals surface area contributed by atoms with Crippen molar-refractivity contribution in [2.24, 2.45) is 5.92 Å². The van der Waals surface area contributed by atoms with Crippen molar-refractivity contribution >= 4 is 17.6 Å². The highest BCUT2D eigenvalue weighted by Crippen LogP contribution is 2.28. The van der Waals surface area contributed by atoms with Crippen LogP contribution in [0.2, 0.25) is 0 Å². The highest BCUT2D eigenvalue weighted by Gasteiger charge is 2.36. The number of hydrogen-bond donors (Lipinski definition) is 0. The predicted molar refractivity (Wildman–Crippen MR) is 85.1 cm³/mol.